The topological polar surface area (TPSA) is 81.2 Å². The standard InChI is InChI=1S/C22H25ClN4O3S/c1-2-29-18-9-5-16(6-10-18)21-25-26-22(31)27(21)15-20(28)24-13-3-4-14-30-19-11-7-17(23)8-12-19/h5-12H,2-4,13-15H2,1H3,(H,24,28)(H,26,31). The van der Waals surface area contributed by atoms with Gasteiger partial charge in [-0.2, -0.15) is 5.10 Å². The largest absolute Gasteiger partial charge is 0.494 e. The molecule has 2 aromatic carbocycles. The van der Waals surface area contributed by atoms with Crippen LogP contribution < -0.4 is 14.8 Å². The lowest BCUT2D eigenvalue weighted by Crippen LogP contribution is -2.29. The van der Waals surface area contributed by atoms with E-state index in [2.05, 4.69) is 15.5 Å². The second kappa shape index (κ2) is 11.5. The predicted octanol–water partition coefficient (Wildman–Crippen LogP) is 4.64. The highest BCUT2D eigenvalue weighted by atomic mass is 35.5. The van der Waals surface area contributed by atoms with Gasteiger partial charge in [0.05, 0.1) is 13.2 Å². The van der Waals surface area contributed by atoms with Gasteiger partial charge in [0, 0.05) is 17.1 Å². The zero-order chi connectivity index (χ0) is 22.1. The molecule has 3 aromatic rings. The fraction of sp³-hybridized carbons (Fsp3) is 0.318. The maximum absolute atomic E-state index is 12.4. The van der Waals surface area contributed by atoms with E-state index in [0.29, 0.717) is 35.4 Å². The second-order valence-electron chi connectivity index (χ2n) is 6.76. The Labute approximate surface area is 191 Å². The van der Waals surface area contributed by atoms with Gasteiger partial charge in [0.1, 0.15) is 18.0 Å². The van der Waals surface area contributed by atoms with Crippen molar-refractivity contribution in [3.63, 3.8) is 0 Å². The highest BCUT2D eigenvalue weighted by Crippen LogP contribution is 2.21. The van der Waals surface area contributed by atoms with Gasteiger partial charge in [-0.05, 0) is 80.5 Å². The summed E-state index contributed by atoms with van der Waals surface area (Å²) >= 11 is 11.2. The number of hydrogen-bond acceptors (Lipinski definition) is 5. The molecule has 0 spiro atoms. The summed E-state index contributed by atoms with van der Waals surface area (Å²) in [7, 11) is 0. The van der Waals surface area contributed by atoms with Crippen LogP contribution in [0, 0.1) is 4.77 Å². The number of benzene rings is 2. The molecule has 1 aromatic heterocycles. The van der Waals surface area contributed by atoms with Crippen LogP contribution in [0.1, 0.15) is 19.8 Å². The minimum absolute atomic E-state index is 0.0964. The zero-order valence-electron chi connectivity index (χ0n) is 17.3. The molecular formula is C22H25ClN4O3S. The Kier molecular flexibility index (Phi) is 8.49. The number of rotatable bonds is 11. The first-order valence-electron chi connectivity index (χ1n) is 10.1. The first-order chi connectivity index (χ1) is 15.1. The minimum atomic E-state index is -0.122. The average molecular weight is 461 g/mol. The van der Waals surface area contributed by atoms with Crippen molar-refractivity contribution in [3.05, 3.63) is 58.3 Å². The van der Waals surface area contributed by atoms with Gasteiger partial charge >= 0.3 is 0 Å². The Morgan fingerprint density at radius 3 is 2.48 bits per heavy atom. The van der Waals surface area contributed by atoms with Crippen LogP contribution in [0.25, 0.3) is 11.4 Å². The molecule has 0 aliphatic rings. The number of nitrogens with zero attached hydrogens (tertiary/aromatic N) is 2. The van der Waals surface area contributed by atoms with Gasteiger partial charge < -0.3 is 14.8 Å². The number of hydrogen-bond donors (Lipinski definition) is 2. The molecule has 2 N–H and O–H groups in total. The Morgan fingerprint density at radius 2 is 1.77 bits per heavy atom. The van der Waals surface area contributed by atoms with Gasteiger partial charge in [0.2, 0.25) is 5.91 Å². The summed E-state index contributed by atoms with van der Waals surface area (Å²) in [5.74, 6) is 2.05. The van der Waals surface area contributed by atoms with Crippen molar-refractivity contribution in [1.29, 1.82) is 0 Å². The van der Waals surface area contributed by atoms with Crippen LogP contribution in [-0.2, 0) is 11.3 Å². The van der Waals surface area contributed by atoms with Gasteiger partial charge in [0.25, 0.3) is 0 Å². The number of carbonyl (C=O) groups excluding carboxylic acids is 1. The maximum Gasteiger partial charge on any atom is 0.240 e. The maximum atomic E-state index is 12.4. The summed E-state index contributed by atoms with van der Waals surface area (Å²) < 4.78 is 13.2. The molecule has 0 saturated heterocycles. The molecule has 7 nitrogen and oxygen atoms in total. The van der Waals surface area contributed by atoms with Crippen LogP contribution in [0.15, 0.2) is 48.5 Å². The monoisotopic (exact) mass is 460 g/mol. The van der Waals surface area contributed by atoms with Gasteiger partial charge in [-0.15, -0.1) is 0 Å². The van der Waals surface area contributed by atoms with Gasteiger partial charge in [-0.1, -0.05) is 11.6 Å². The van der Waals surface area contributed by atoms with Crippen LogP contribution in [0.4, 0.5) is 0 Å². The molecule has 0 unspecified atom stereocenters. The summed E-state index contributed by atoms with van der Waals surface area (Å²) in [4.78, 5) is 12.4. The molecule has 1 heterocycles. The van der Waals surface area contributed by atoms with Crippen molar-refractivity contribution in [3.8, 4) is 22.9 Å². The quantitative estimate of drug-likeness (QED) is 0.322. The summed E-state index contributed by atoms with van der Waals surface area (Å²) in [5.41, 5.74) is 0.850. The Bertz CT molecular complexity index is 1030. The van der Waals surface area contributed by atoms with Crippen molar-refractivity contribution in [2.24, 2.45) is 0 Å². The number of H-pyrrole nitrogens is 1. The minimum Gasteiger partial charge on any atom is -0.494 e. The number of aromatic nitrogens is 3. The van der Waals surface area contributed by atoms with Crippen LogP contribution in [0.2, 0.25) is 5.02 Å². The summed E-state index contributed by atoms with van der Waals surface area (Å²) in [6, 6.07) is 14.8. The molecule has 0 aliphatic heterocycles. The van der Waals surface area contributed by atoms with Crippen LogP contribution >= 0.6 is 23.8 Å². The predicted molar refractivity (Wildman–Crippen MR) is 123 cm³/mol. The van der Waals surface area contributed by atoms with E-state index in [-0.39, 0.29) is 12.5 Å². The normalized spacial score (nSPS) is 10.6. The Hall–Kier alpha value is -2.84. The van der Waals surface area contributed by atoms with E-state index in [1.807, 2.05) is 43.3 Å². The average Bonchev–Trinajstić information content (AvgIpc) is 3.13. The SMILES string of the molecule is CCOc1ccc(-c2n[nH]c(=S)n2CC(=O)NCCCCOc2ccc(Cl)cc2)cc1. The lowest BCUT2D eigenvalue weighted by atomic mass is 10.2. The number of halogens is 1. The van der Waals surface area contributed by atoms with E-state index in [1.54, 1.807) is 16.7 Å². The van der Waals surface area contributed by atoms with E-state index >= 15 is 0 Å². The molecule has 0 aliphatic carbocycles. The van der Waals surface area contributed by atoms with E-state index in [1.165, 1.54) is 0 Å². The van der Waals surface area contributed by atoms with Gasteiger partial charge in [0.15, 0.2) is 10.6 Å². The van der Waals surface area contributed by atoms with E-state index in [0.717, 1.165) is 29.9 Å². The molecular weight excluding hydrogens is 436 g/mol. The van der Waals surface area contributed by atoms with Crippen LogP contribution in [-0.4, -0.2) is 40.4 Å². The molecule has 1 amide bonds. The first-order valence-corrected chi connectivity index (χ1v) is 10.9. The fourth-order valence-corrected chi connectivity index (χ4v) is 3.25. The van der Waals surface area contributed by atoms with Gasteiger partial charge in [-0.3, -0.25) is 14.5 Å². The van der Waals surface area contributed by atoms with Crippen molar-refractivity contribution in [1.82, 2.24) is 20.1 Å². The van der Waals surface area contributed by atoms with Crippen molar-refractivity contribution >= 4 is 29.7 Å². The lowest BCUT2D eigenvalue weighted by molar-refractivity contribution is -0.121. The molecule has 0 saturated carbocycles. The van der Waals surface area contributed by atoms with E-state index in [9.17, 15) is 4.79 Å². The third-order valence-electron chi connectivity index (χ3n) is 4.46. The number of nitrogens with one attached hydrogen (secondary N) is 2. The third-order valence-corrected chi connectivity index (χ3v) is 5.02. The Morgan fingerprint density at radius 1 is 1.10 bits per heavy atom. The van der Waals surface area contributed by atoms with Crippen molar-refractivity contribution < 1.29 is 14.3 Å². The molecule has 9 heteroatoms. The summed E-state index contributed by atoms with van der Waals surface area (Å²) in [5, 5.41) is 10.6. The van der Waals surface area contributed by atoms with E-state index < -0.39 is 0 Å². The number of ether oxygens (including phenoxy) is 2. The van der Waals surface area contributed by atoms with Crippen LogP contribution in [0.5, 0.6) is 11.5 Å². The molecule has 164 valence electrons. The molecule has 0 fully saturated rings. The molecule has 0 bridgehead atoms. The van der Waals surface area contributed by atoms with Crippen molar-refractivity contribution in [2.45, 2.75) is 26.3 Å². The highest BCUT2D eigenvalue weighted by Gasteiger charge is 2.12. The first kappa shape index (κ1) is 22.8. The summed E-state index contributed by atoms with van der Waals surface area (Å²) in [6.45, 7) is 3.77. The number of carbonyl (C=O) groups is 1. The smallest absolute Gasteiger partial charge is 0.240 e. The summed E-state index contributed by atoms with van der Waals surface area (Å²) in [6.07, 6.45) is 1.63. The molecule has 0 atom stereocenters. The molecule has 31 heavy (non-hydrogen) atoms. The van der Waals surface area contributed by atoms with Crippen molar-refractivity contribution in [2.75, 3.05) is 19.8 Å². The zero-order valence-corrected chi connectivity index (χ0v) is 18.8. The molecule has 3 rings (SSSR count). The number of unbranched alkanes of at least 4 members (excludes halogenated alkanes) is 1. The van der Waals surface area contributed by atoms with E-state index in [4.69, 9.17) is 33.3 Å². The van der Waals surface area contributed by atoms with Crippen LogP contribution in [0.3, 0.4) is 0 Å². The molecule has 0 radical (unpaired) electrons. The number of aromatic amines is 1. The Balaban J connectivity index is 1.44. The fourth-order valence-electron chi connectivity index (χ4n) is 2.93. The second-order valence-corrected chi connectivity index (χ2v) is 7.58. The third kappa shape index (κ3) is 6.83. The number of amides is 1. The highest BCUT2D eigenvalue weighted by molar-refractivity contribution is 7.71. The van der Waals surface area contributed by atoms with Gasteiger partial charge in [-0.25, -0.2) is 0 Å². The lowest BCUT2D eigenvalue weighted by Gasteiger charge is -2.09.